The quantitative estimate of drug-likeness (QED) is 0.780. The molecule has 2 atom stereocenters. The van der Waals surface area contributed by atoms with Crippen LogP contribution in [0.4, 0.5) is 0 Å². The van der Waals surface area contributed by atoms with Gasteiger partial charge >= 0.3 is 0 Å². The summed E-state index contributed by atoms with van der Waals surface area (Å²) in [6, 6.07) is 0.654. The third-order valence-corrected chi connectivity index (χ3v) is 5.29. The lowest BCUT2D eigenvalue weighted by Gasteiger charge is -2.21. The summed E-state index contributed by atoms with van der Waals surface area (Å²) in [5, 5.41) is 4.94. The van der Waals surface area contributed by atoms with Crippen molar-refractivity contribution in [3.8, 4) is 0 Å². The predicted octanol–water partition coefficient (Wildman–Crippen LogP) is 2.79. The number of rotatable bonds is 2. The predicted molar refractivity (Wildman–Crippen MR) is 66.4 cm³/mol. The Morgan fingerprint density at radius 1 is 1.47 bits per heavy atom. The molecule has 15 heavy (non-hydrogen) atoms. The van der Waals surface area contributed by atoms with Crippen LogP contribution in [-0.4, -0.2) is 22.5 Å². The van der Waals surface area contributed by atoms with Gasteiger partial charge in [-0.05, 0) is 25.2 Å². The van der Waals surface area contributed by atoms with Crippen LogP contribution in [0.5, 0.6) is 0 Å². The molecule has 3 rings (SSSR count). The number of nitrogens with zero attached hydrogens (tertiary/aromatic N) is 1. The van der Waals surface area contributed by atoms with Crippen LogP contribution in [0.15, 0.2) is 4.99 Å². The van der Waals surface area contributed by atoms with Gasteiger partial charge in [0.2, 0.25) is 0 Å². The molecule has 1 aliphatic heterocycles. The van der Waals surface area contributed by atoms with Crippen LogP contribution in [0.1, 0.15) is 45.4 Å². The minimum atomic E-state index is 0.445. The molecule has 0 aromatic carbocycles. The molecule has 3 heteroatoms. The van der Waals surface area contributed by atoms with Gasteiger partial charge in [-0.2, -0.15) is 0 Å². The monoisotopic (exact) mass is 224 g/mol. The highest BCUT2D eigenvalue weighted by Crippen LogP contribution is 2.41. The zero-order chi connectivity index (χ0) is 10.3. The minimum absolute atomic E-state index is 0.445. The Morgan fingerprint density at radius 2 is 2.27 bits per heavy atom. The number of thioether (sulfide) groups is 1. The second-order valence-corrected chi connectivity index (χ2v) is 6.27. The van der Waals surface area contributed by atoms with E-state index in [1.807, 2.05) is 11.8 Å². The molecule has 3 aliphatic rings. The Hall–Kier alpha value is -0.180. The molecule has 1 saturated heterocycles. The topological polar surface area (TPSA) is 24.4 Å². The third-order valence-electron chi connectivity index (χ3n) is 4.11. The molecule has 2 aliphatic carbocycles. The number of nitrogens with one attached hydrogen (secondary N) is 1. The van der Waals surface area contributed by atoms with Crippen LogP contribution in [0.2, 0.25) is 0 Å². The fourth-order valence-corrected chi connectivity index (χ4v) is 4.15. The summed E-state index contributed by atoms with van der Waals surface area (Å²) in [7, 11) is 0. The zero-order valence-corrected chi connectivity index (χ0v) is 10.3. The highest BCUT2D eigenvalue weighted by atomic mass is 32.2. The molecule has 2 saturated carbocycles. The van der Waals surface area contributed by atoms with Crippen molar-refractivity contribution >= 4 is 16.9 Å². The molecule has 3 fully saturated rings. The fourth-order valence-electron chi connectivity index (χ4n) is 2.88. The van der Waals surface area contributed by atoms with Crippen molar-refractivity contribution < 1.29 is 0 Å². The number of amidine groups is 1. The Kier molecular flexibility index (Phi) is 2.46. The van der Waals surface area contributed by atoms with Gasteiger partial charge in [0, 0.05) is 11.3 Å². The first kappa shape index (κ1) is 10.0. The second-order valence-electron chi connectivity index (χ2n) is 5.31. The Labute approximate surface area is 96.3 Å². The molecular weight excluding hydrogens is 204 g/mol. The zero-order valence-electron chi connectivity index (χ0n) is 9.46. The van der Waals surface area contributed by atoms with Gasteiger partial charge in [0.25, 0.3) is 0 Å². The lowest BCUT2D eigenvalue weighted by atomic mass is 10.0. The molecule has 0 amide bonds. The van der Waals surface area contributed by atoms with Gasteiger partial charge in [0.15, 0.2) is 5.17 Å². The summed E-state index contributed by atoms with van der Waals surface area (Å²) in [5.41, 5.74) is 0.445. The number of hydrogen-bond donors (Lipinski definition) is 1. The van der Waals surface area contributed by atoms with Crippen molar-refractivity contribution in [2.75, 3.05) is 5.75 Å². The molecular formula is C12H20N2S. The maximum Gasteiger partial charge on any atom is 0.157 e. The SMILES string of the molecule is CCC1CC1N=C1NC2(CCCC2)CS1. The molecule has 0 aromatic rings. The number of hydrogen-bond acceptors (Lipinski definition) is 2. The van der Waals surface area contributed by atoms with E-state index in [1.165, 1.54) is 49.4 Å². The van der Waals surface area contributed by atoms with Gasteiger partial charge in [0.05, 0.1) is 6.04 Å². The third kappa shape index (κ3) is 1.91. The molecule has 2 unspecified atom stereocenters. The first-order valence-electron chi connectivity index (χ1n) is 6.30. The second kappa shape index (κ2) is 3.69. The van der Waals surface area contributed by atoms with Gasteiger partial charge in [-0.1, -0.05) is 37.9 Å². The summed E-state index contributed by atoms with van der Waals surface area (Å²) in [5.74, 6) is 2.15. The summed E-state index contributed by atoms with van der Waals surface area (Å²) in [4.78, 5) is 4.83. The van der Waals surface area contributed by atoms with E-state index in [2.05, 4.69) is 12.2 Å². The normalized spacial score (nSPS) is 39.9. The van der Waals surface area contributed by atoms with Crippen molar-refractivity contribution in [2.24, 2.45) is 10.9 Å². The maximum absolute atomic E-state index is 4.83. The van der Waals surface area contributed by atoms with Crippen molar-refractivity contribution in [3.63, 3.8) is 0 Å². The fraction of sp³-hybridized carbons (Fsp3) is 0.917. The van der Waals surface area contributed by atoms with Gasteiger partial charge in [-0.15, -0.1) is 0 Å². The van der Waals surface area contributed by atoms with Crippen LogP contribution in [0.3, 0.4) is 0 Å². The van der Waals surface area contributed by atoms with Gasteiger partial charge < -0.3 is 5.32 Å². The molecule has 1 spiro atoms. The van der Waals surface area contributed by atoms with Gasteiger partial charge in [-0.25, -0.2) is 0 Å². The lowest BCUT2D eigenvalue weighted by molar-refractivity contribution is 0.452. The Balaban J connectivity index is 1.61. The molecule has 0 bridgehead atoms. The van der Waals surface area contributed by atoms with E-state index in [9.17, 15) is 0 Å². The summed E-state index contributed by atoms with van der Waals surface area (Å²) in [6.45, 7) is 2.28. The van der Waals surface area contributed by atoms with Crippen molar-refractivity contribution in [3.05, 3.63) is 0 Å². The van der Waals surface area contributed by atoms with Crippen LogP contribution < -0.4 is 5.32 Å². The molecule has 1 N–H and O–H groups in total. The van der Waals surface area contributed by atoms with E-state index >= 15 is 0 Å². The largest absolute Gasteiger partial charge is 0.359 e. The average Bonchev–Trinajstić information content (AvgIpc) is 2.67. The summed E-state index contributed by atoms with van der Waals surface area (Å²) >= 11 is 1.96. The maximum atomic E-state index is 4.83. The van der Waals surface area contributed by atoms with Crippen LogP contribution in [-0.2, 0) is 0 Å². The van der Waals surface area contributed by atoms with E-state index in [0.717, 1.165) is 5.92 Å². The standard InChI is InChI=1S/C12H20N2S/c1-2-9-7-10(9)13-11-14-12(8-15-11)5-3-4-6-12/h9-10H,2-8H2,1H3,(H,13,14). The Morgan fingerprint density at radius 3 is 2.93 bits per heavy atom. The molecule has 0 radical (unpaired) electrons. The van der Waals surface area contributed by atoms with Crippen LogP contribution >= 0.6 is 11.8 Å². The van der Waals surface area contributed by atoms with Crippen molar-refractivity contribution in [2.45, 2.75) is 57.0 Å². The first-order chi connectivity index (χ1) is 7.31. The average molecular weight is 224 g/mol. The molecule has 0 aromatic heterocycles. The number of aliphatic imine (C=N–C) groups is 1. The van der Waals surface area contributed by atoms with Crippen molar-refractivity contribution in [1.29, 1.82) is 0 Å². The lowest BCUT2D eigenvalue weighted by Crippen LogP contribution is -2.40. The van der Waals surface area contributed by atoms with Crippen molar-refractivity contribution in [1.82, 2.24) is 5.32 Å². The first-order valence-corrected chi connectivity index (χ1v) is 7.29. The van der Waals surface area contributed by atoms with E-state index in [4.69, 9.17) is 4.99 Å². The van der Waals surface area contributed by atoms with Crippen LogP contribution in [0.25, 0.3) is 0 Å². The van der Waals surface area contributed by atoms with Crippen LogP contribution in [0, 0.1) is 5.92 Å². The van der Waals surface area contributed by atoms with E-state index < -0.39 is 0 Å². The highest BCUT2D eigenvalue weighted by Gasteiger charge is 2.41. The van der Waals surface area contributed by atoms with E-state index in [1.54, 1.807) is 0 Å². The van der Waals surface area contributed by atoms with Gasteiger partial charge in [0.1, 0.15) is 0 Å². The minimum Gasteiger partial charge on any atom is -0.359 e. The smallest absolute Gasteiger partial charge is 0.157 e. The summed E-state index contributed by atoms with van der Waals surface area (Å²) in [6.07, 6.45) is 8.16. The Bertz CT molecular complexity index is 281. The van der Waals surface area contributed by atoms with E-state index in [0.29, 0.717) is 11.6 Å². The van der Waals surface area contributed by atoms with Gasteiger partial charge in [-0.3, -0.25) is 4.99 Å². The summed E-state index contributed by atoms with van der Waals surface area (Å²) < 4.78 is 0. The van der Waals surface area contributed by atoms with E-state index in [-0.39, 0.29) is 0 Å². The molecule has 2 nitrogen and oxygen atoms in total. The molecule has 1 heterocycles. The highest BCUT2D eigenvalue weighted by molar-refractivity contribution is 8.14. The molecule has 84 valence electrons.